The summed E-state index contributed by atoms with van der Waals surface area (Å²) < 4.78 is 13.3. The number of rotatable bonds is 6. The Morgan fingerprint density at radius 1 is 0.810 bits per heavy atom. The lowest BCUT2D eigenvalue weighted by molar-refractivity contribution is 0.406. The van der Waals surface area contributed by atoms with E-state index < -0.39 is 25.2 Å². The molecule has 0 aliphatic heterocycles. The van der Waals surface area contributed by atoms with E-state index in [-0.39, 0.29) is 0 Å². The van der Waals surface area contributed by atoms with E-state index in [4.69, 9.17) is 8.23 Å². The second kappa shape index (κ2) is 6.75. The average molecular weight is 339 g/mol. The van der Waals surface area contributed by atoms with Crippen molar-refractivity contribution in [2.75, 3.05) is 0 Å². The van der Waals surface area contributed by atoms with Gasteiger partial charge in [-0.2, -0.15) is 0 Å². The largest absolute Gasteiger partial charge is 0.433 e. The molecule has 118 valence electrons. The second-order valence-electron chi connectivity index (χ2n) is 7.44. The van der Waals surface area contributed by atoms with E-state index in [1.54, 1.807) is 0 Å². The lowest BCUT2D eigenvalue weighted by Crippen LogP contribution is -2.53. The van der Waals surface area contributed by atoms with Crippen LogP contribution in [0.15, 0.2) is 36.4 Å². The SMILES string of the molecule is C/C=C(\c1ccccc1)[Si](C)(O[Si](C)(C)C)O[Si](C)(C)C. The van der Waals surface area contributed by atoms with Crippen LogP contribution in [0.25, 0.3) is 5.20 Å². The molecule has 0 fully saturated rings. The summed E-state index contributed by atoms with van der Waals surface area (Å²) in [4.78, 5) is 0. The second-order valence-corrected chi connectivity index (χ2v) is 20.0. The summed E-state index contributed by atoms with van der Waals surface area (Å²) in [6.45, 7) is 17.7. The predicted octanol–water partition coefficient (Wildman–Crippen LogP) is 5.40. The number of allylic oxidation sites excluding steroid dienone is 1. The van der Waals surface area contributed by atoms with Gasteiger partial charge in [0.2, 0.25) is 0 Å². The van der Waals surface area contributed by atoms with E-state index in [1.807, 2.05) is 0 Å². The van der Waals surface area contributed by atoms with Crippen molar-refractivity contribution >= 4 is 30.4 Å². The van der Waals surface area contributed by atoms with Crippen LogP contribution in [0.4, 0.5) is 0 Å². The van der Waals surface area contributed by atoms with Crippen molar-refractivity contribution in [3.8, 4) is 0 Å². The van der Waals surface area contributed by atoms with Crippen LogP contribution in [0.3, 0.4) is 0 Å². The van der Waals surface area contributed by atoms with E-state index in [9.17, 15) is 0 Å². The van der Waals surface area contributed by atoms with Crippen molar-refractivity contribution in [3.63, 3.8) is 0 Å². The van der Waals surface area contributed by atoms with Gasteiger partial charge in [0.25, 0.3) is 0 Å². The first-order chi connectivity index (χ1) is 9.47. The highest BCUT2D eigenvalue weighted by molar-refractivity contribution is 6.97. The van der Waals surface area contributed by atoms with Gasteiger partial charge in [-0.3, -0.25) is 0 Å². The minimum Gasteiger partial charge on any atom is -0.433 e. The average Bonchev–Trinajstić information content (AvgIpc) is 2.25. The summed E-state index contributed by atoms with van der Waals surface area (Å²) in [5, 5.41) is 1.26. The summed E-state index contributed by atoms with van der Waals surface area (Å²) in [6, 6.07) is 10.5. The van der Waals surface area contributed by atoms with Crippen LogP contribution in [-0.4, -0.2) is 25.2 Å². The van der Waals surface area contributed by atoms with Crippen LogP contribution in [0.2, 0.25) is 45.8 Å². The molecular weight excluding hydrogens is 308 g/mol. The van der Waals surface area contributed by atoms with Gasteiger partial charge in [0, 0.05) is 0 Å². The smallest absolute Gasteiger partial charge is 0.349 e. The molecule has 0 radical (unpaired) electrons. The van der Waals surface area contributed by atoms with E-state index in [0.29, 0.717) is 0 Å². The van der Waals surface area contributed by atoms with Crippen LogP contribution in [0.1, 0.15) is 12.5 Å². The lowest BCUT2D eigenvalue weighted by Gasteiger charge is -2.40. The molecule has 21 heavy (non-hydrogen) atoms. The number of hydrogen-bond donors (Lipinski definition) is 0. The fourth-order valence-electron chi connectivity index (χ4n) is 2.61. The van der Waals surface area contributed by atoms with E-state index >= 15 is 0 Å². The number of benzene rings is 1. The first-order valence-corrected chi connectivity index (χ1v) is 16.7. The summed E-state index contributed by atoms with van der Waals surface area (Å²) in [6.07, 6.45) is 2.18. The zero-order chi connectivity index (χ0) is 16.3. The van der Waals surface area contributed by atoms with Crippen LogP contribution >= 0.6 is 0 Å². The van der Waals surface area contributed by atoms with Crippen LogP contribution < -0.4 is 0 Å². The van der Waals surface area contributed by atoms with E-state index in [0.717, 1.165) is 0 Å². The van der Waals surface area contributed by atoms with Crippen LogP contribution in [0, 0.1) is 0 Å². The van der Waals surface area contributed by atoms with Gasteiger partial charge >= 0.3 is 8.56 Å². The highest BCUT2D eigenvalue weighted by Crippen LogP contribution is 2.33. The summed E-state index contributed by atoms with van der Waals surface area (Å²) >= 11 is 0. The Labute approximate surface area is 133 Å². The molecule has 0 aromatic heterocycles. The standard InChI is InChI=1S/C16H30O2Si3/c1-9-16(15-13-11-10-12-14-15)21(8,17-19(2,3)4)18-20(5,6)7/h9-14H,1-8H3/b16-9+. The third-order valence-electron chi connectivity index (χ3n) is 2.86. The Hall–Kier alpha value is -0.469. The van der Waals surface area contributed by atoms with Crippen LogP contribution in [-0.2, 0) is 8.23 Å². The molecule has 1 aromatic carbocycles. The van der Waals surface area contributed by atoms with Gasteiger partial charge in [0.1, 0.15) is 0 Å². The van der Waals surface area contributed by atoms with Crippen molar-refractivity contribution in [2.45, 2.75) is 52.8 Å². The molecule has 0 aliphatic carbocycles. The zero-order valence-electron chi connectivity index (χ0n) is 14.8. The van der Waals surface area contributed by atoms with E-state index in [1.165, 1.54) is 10.8 Å². The predicted molar refractivity (Wildman–Crippen MR) is 101 cm³/mol. The van der Waals surface area contributed by atoms with Gasteiger partial charge in [-0.05, 0) is 63.5 Å². The lowest BCUT2D eigenvalue weighted by atomic mass is 10.2. The van der Waals surface area contributed by atoms with Gasteiger partial charge in [0.05, 0.1) is 0 Å². The minimum atomic E-state index is -2.41. The highest BCUT2D eigenvalue weighted by atomic mass is 28.5. The summed E-state index contributed by atoms with van der Waals surface area (Å²) in [7, 11) is -5.78. The van der Waals surface area contributed by atoms with Gasteiger partial charge in [-0.25, -0.2) is 0 Å². The maximum Gasteiger partial charge on any atom is 0.349 e. The Kier molecular flexibility index (Phi) is 5.97. The molecule has 0 saturated heterocycles. The maximum atomic E-state index is 6.63. The quantitative estimate of drug-likeness (QED) is 0.646. The number of hydrogen-bond acceptors (Lipinski definition) is 2. The Balaban J connectivity index is 3.28. The molecular formula is C16H30O2Si3. The molecule has 0 saturated carbocycles. The van der Waals surface area contributed by atoms with Crippen molar-refractivity contribution < 1.29 is 8.23 Å². The molecule has 0 amide bonds. The molecule has 1 aromatic rings. The van der Waals surface area contributed by atoms with Crippen LogP contribution in [0.5, 0.6) is 0 Å². The zero-order valence-corrected chi connectivity index (χ0v) is 17.8. The molecule has 5 heteroatoms. The molecule has 0 bridgehead atoms. The van der Waals surface area contributed by atoms with Crippen molar-refractivity contribution in [1.29, 1.82) is 0 Å². The maximum absolute atomic E-state index is 6.63. The molecule has 0 aliphatic rings. The van der Waals surface area contributed by atoms with Gasteiger partial charge in [0.15, 0.2) is 16.6 Å². The van der Waals surface area contributed by atoms with Gasteiger partial charge in [-0.1, -0.05) is 36.4 Å². The summed E-state index contributed by atoms with van der Waals surface area (Å²) in [5.74, 6) is 0. The Morgan fingerprint density at radius 2 is 1.24 bits per heavy atom. The van der Waals surface area contributed by atoms with Crippen molar-refractivity contribution in [3.05, 3.63) is 42.0 Å². The highest BCUT2D eigenvalue weighted by Gasteiger charge is 2.43. The molecule has 0 spiro atoms. The first kappa shape index (κ1) is 18.6. The molecule has 0 N–H and O–H groups in total. The molecule has 0 unspecified atom stereocenters. The van der Waals surface area contributed by atoms with Gasteiger partial charge in [-0.15, -0.1) is 0 Å². The fourth-order valence-corrected chi connectivity index (χ4v) is 14.6. The van der Waals surface area contributed by atoms with E-state index in [2.05, 4.69) is 89.2 Å². The molecule has 0 heterocycles. The molecule has 2 nitrogen and oxygen atoms in total. The third kappa shape index (κ3) is 6.04. The fraction of sp³-hybridized carbons (Fsp3) is 0.500. The van der Waals surface area contributed by atoms with Gasteiger partial charge < -0.3 is 8.23 Å². The summed E-state index contributed by atoms with van der Waals surface area (Å²) in [5.41, 5.74) is 1.23. The van der Waals surface area contributed by atoms with Crippen molar-refractivity contribution in [2.24, 2.45) is 0 Å². The minimum absolute atomic E-state index is 1.23. The molecule has 1 rings (SSSR count). The third-order valence-corrected chi connectivity index (χ3v) is 12.4. The Bertz CT molecular complexity index is 468. The Morgan fingerprint density at radius 3 is 1.57 bits per heavy atom. The normalized spacial score (nSPS) is 14.4. The molecule has 0 atom stereocenters. The van der Waals surface area contributed by atoms with Crippen molar-refractivity contribution in [1.82, 2.24) is 0 Å². The topological polar surface area (TPSA) is 18.5 Å². The monoisotopic (exact) mass is 338 g/mol. The first-order valence-electron chi connectivity index (χ1n) is 7.59.